The molecule has 7 heteroatoms. The van der Waals surface area contributed by atoms with Gasteiger partial charge >= 0.3 is 5.97 Å². The fraction of sp³-hybridized carbons (Fsp3) is 0.385. The third-order valence-electron chi connectivity index (χ3n) is 2.65. The number of carboxylic acid groups (broad SMARTS) is 1. The molecule has 0 saturated carbocycles. The molecule has 0 aliphatic rings. The first-order valence-electron chi connectivity index (χ1n) is 6.12. The molecule has 0 aliphatic carbocycles. The largest absolute Gasteiger partial charge is 0.490 e. The Morgan fingerprint density at radius 3 is 2.85 bits per heavy atom. The van der Waals surface area contributed by atoms with Crippen LogP contribution >= 0.6 is 0 Å². The maximum absolute atomic E-state index is 10.9. The molecule has 0 atom stereocenters. The Morgan fingerprint density at radius 1 is 1.30 bits per heavy atom. The van der Waals surface area contributed by atoms with E-state index in [2.05, 4.69) is 5.10 Å². The van der Waals surface area contributed by atoms with Crippen LogP contribution in [0.2, 0.25) is 0 Å². The normalized spacial score (nSPS) is 10.8. The molecule has 0 bridgehead atoms. The molecule has 0 aromatic carbocycles. The van der Waals surface area contributed by atoms with E-state index in [0.29, 0.717) is 37.7 Å². The SMILES string of the molecule is COCCOCCOc1ccc2c(C(=O)O)cnn2c1. The molecule has 0 unspecified atom stereocenters. The van der Waals surface area contributed by atoms with Crippen molar-refractivity contribution in [3.8, 4) is 5.75 Å². The Morgan fingerprint density at radius 2 is 2.10 bits per heavy atom. The Hall–Kier alpha value is -2.12. The predicted octanol–water partition coefficient (Wildman–Crippen LogP) is 1.07. The highest BCUT2D eigenvalue weighted by atomic mass is 16.5. The number of hydrogen-bond donors (Lipinski definition) is 1. The van der Waals surface area contributed by atoms with Gasteiger partial charge in [-0.05, 0) is 12.1 Å². The maximum Gasteiger partial charge on any atom is 0.339 e. The lowest BCUT2D eigenvalue weighted by Crippen LogP contribution is -2.10. The van der Waals surface area contributed by atoms with Crippen molar-refractivity contribution >= 4 is 11.5 Å². The fourth-order valence-corrected chi connectivity index (χ4v) is 1.68. The summed E-state index contributed by atoms with van der Waals surface area (Å²) in [6.07, 6.45) is 2.95. The van der Waals surface area contributed by atoms with Crippen LogP contribution < -0.4 is 4.74 Å². The molecular formula is C13H16N2O5. The fourth-order valence-electron chi connectivity index (χ4n) is 1.68. The molecule has 2 aromatic heterocycles. The molecule has 7 nitrogen and oxygen atoms in total. The smallest absolute Gasteiger partial charge is 0.339 e. The van der Waals surface area contributed by atoms with Gasteiger partial charge in [0.25, 0.3) is 0 Å². The minimum atomic E-state index is -1.000. The van der Waals surface area contributed by atoms with Crippen LogP contribution in [0.3, 0.4) is 0 Å². The number of aromatic carboxylic acids is 1. The van der Waals surface area contributed by atoms with Crippen molar-refractivity contribution < 1.29 is 24.1 Å². The summed E-state index contributed by atoms with van der Waals surface area (Å²) in [5.74, 6) is -0.395. The number of carboxylic acids is 1. The van der Waals surface area contributed by atoms with Gasteiger partial charge in [0.1, 0.15) is 17.9 Å². The van der Waals surface area contributed by atoms with Gasteiger partial charge in [-0.25, -0.2) is 9.31 Å². The molecule has 2 heterocycles. The molecule has 0 amide bonds. The van der Waals surface area contributed by atoms with Crippen LogP contribution in [-0.2, 0) is 9.47 Å². The number of ether oxygens (including phenoxy) is 3. The van der Waals surface area contributed by atoms with Gasteiger partial charge in [0, 0.05) is 7.11 Å². The molecule has 20 heavy (non-hydrogen) atoms. The Labute approximate surface area is 115 Å². The van der Waals surface area contributed by atoms with E-state index in [1.165, 1.54) is 10.7 Å². The molecule has 0 radical (unpaired) electrons. The molecule has 0 spiro atoms. The average molecular weight is 280 g/mol. The number of fused-ring (bicyclic) bond motifs is 1. The highest BCUT2D eigenvalue weighted by Crippen LogP contribution is 2.16. The minimum absolute atomic E-state index is 0.166. The Balaban J connectivity index is 1.90. The van der Waals surface area contributed by atoms with Gasteiger partial charge in [-0.3, -0.25) is 0 Å². The summed E-state index contributed by atoms with van der Waals surface area (Å²) in [7, 11) is 1.62. The first-order valence-corrected chi connectivity index (χ1v) is 6.12. The number of carbonyl (C=O) groups is 1. The van der Waals surface area contributed by atoms with Crippen LogP contribution in [0.25, 0.3) is 5.52 Å². The molecule has 2 aromatic rings. The summed E-state index contributed by atoms with van der Waals surface area (Å²) in [5, 5.41) is 13.0. The third-order valence-corrected chi connectivity index (χ3v) is 2.65. The Kier molecular flexibility index (Phi) is 4.91. The first kappa shape index (κ1) is 14.3. The van der Waals surface area contributed by atoms with E-state index < -0.39 is 5.97 Å². The van der Waals surface area contributed by atoms with Crippen LogP contribution in [0.15, 0.2) is 24.5 Å². The van der Waals surface area contributed by atoms with E-state index in [0.717, 1.165) is 0 Å². The summed E-state index contributed by atoms with van der Waals surface area (Å²) in [6, 6.07) is 3.37. The van der Waals surface area contributed by atoms with Crippen molar-refractivity contribution in [3.63, 3.8) is 0 Å². The number of methoxy groups -OCH3 is 1. The Bertz CT molecular complexity index is 581. The molecule has 108 valence electrons. The van der Waals surface area contributed by atoms with Crippen molar-refractivity contribution in [2.24, 2.45) is 0 Å². The lowest BCUT2D eigenvalue weighted by molar-refractivity contribution is 0.0543. The second kappa shape index (κ2) is 6.88. The number of aromatic nitrogens is 2. The van der Waals surface area contributed by atoms with Crippen LogP contribution in [0.1, 0.15) is 10.4 Å². The van der Waals surface area contributed by atoms with Gasteiger partial charge in [0.2, 0.25) is 0 Å². The van der Waals surface area contributed by atoms with Gasteiger partial charge in [-0.15, -0.1) is 0 Å². The molecule has 0 aliphatic heterocycles. The quantitative estimate of drug-likeness (QED) is 0.728. The first-order chi connectivity index (χ1) is 9.72. The third kappa shape index (κ3) is 3.46. The molecular weight excluding hydrogens is 264 g/mol. The van der Waals surface area contributed by atoms with Crippen LogP contribution in [-0.4, -0.2) is 54.2 Å². The van der Waals surface area contributed by atoms with E-state index in [4.69, 9.17) is 19.3 Å². The topological polar surface area (TPSA) is 82.3 Å². The van der Waals surface area contributed by atoms with Gasteiger partial charge in [0.05, 0.1) is 37.7 Å². The van der Waals surface area contributed by atoms with Gasteiger partial charge in [-0.1, -0.05) is 0 Å². The molecule has 0 saturated heterocycles. The number of pyridine rings is 1. The van der Waals surface area contributed by atoms with Crippen molar-refractivity contribution in [1.82, 2.24) is 9.61 Å². The van der Waals surface area contributed by atoms with Crippen LogP contribution in [0.4, 0.5) is 0 Å². The van der Waals surface area contributed by atoms with Crippen molar-refractivity contribution in [2.45, 2.75) is 0 Å². The average Bonchev–Trinajstić information content (AvgIpc) is 2.86. The zero-order valence-corrected chi connectivity index (χ0v) is 11.1. The number of rotatable bonds is 8. The van der Waals surface area contributed by atoms with E-state index >= 15 is 0 Å². The summed E-state index contributed by atoms with van der Waals surface area (Å²) in [4.78, 5) is 10.9. The predicted molar refractivity (Wildman–Crippen MR) is 70.3 cm³/mol. The summed E-state index contributed by atoms with van der Waals surface area (Å²) in [5.41, 5.74) is 0.695. The van der Waals surface area contributed by atoms with E-state index in [9.17, 15) is 4.79 Å². The number of nitrogens with zero attached hydrogens (tertiary/aromatic N) is 2. The van der Waals surface area contributed by atoms with E-state index in [1.54, 1.807) is 25.4 Å². The second-order valence-corrected chi connectivity index (χ2v) is 4.01. The van der Waals surface area contributed by atoms with Gasteiger partial charge < -0.3 is 19.3 Å². The standard InChI is InChI=1S/C13H16N2O5/c1-18-4-5-19-6-7-20-10-2-3-12-11(13(16)17)8-14-15(12)9-10/h2-3,8-9H,4-7H2,1H3,(H,16,17). The summed E-state index contributed by atoms with van der Waals surface area (Å²) >= 11 is 0. The van der Waals surface area contributed by atoms with Gasteiger partial charge in [0.15, 0.2) is 0 Å². The van der Waals surface area contributed by atoms with Gasteiger partial charge in [-0.2, -0.15) is 5.10 Å². The monoisotopic (exact) mass is 280 g/mol. The molecule has 2 rings (SSSR count). The van der Waals surface area contributed by atoms with E-state index in [-0.39, 0.29) is 5.56 Å². The van der Waals surface area contributed by atoms with Crippen LogP contribution in [0, 0.1) is 0 Å². The summed E-state index contributed by atoms with van der Waals surface area (Å²) in [6.45, 7) is 1.94. The zero-order valence-electron chi connectivity index (χ0n) is 11.1. The maximum atomic E-state index is 10.9. The summed E-state index contributed by atoms with van der Waals surface area (Å²) < 4.78 is 17.1. The van der Waals surface area contributed by atoms with Crippen LogP contribution in [0.5, 0.6) is 5.75 Å². The second-order valence-electron chi connectivity index (χ2n) is 4.01. The van der Waals surface area contributed by atoms with Crippen molar-refractivity contribution in [2.75, 3.05) is 33.5 Å². The minimum Gasteiger partial charge on any atom is -0.490 e. The molecule has 0 fully saturated rings. The zero-order chi connectivity index (χ0) is 14.4. The number of hydrogen-bond acceptors (Lipinski definition) is 5. The lowest BCUT2D eigenvalue weighted by atomic mass is 10.2. The highest BCUT2D eigenvalue weighted by molar-refractivity contribution is 5.95. The lowest BCUT2D eigenvalue weighted by Gasteiger charge is -2.07. The van der Waals surface area contributed by atoms with Crippen molar-refractivity contribution in [3.05, 3.63) is 30.1 Å². The molecule has 1 N–H and O–H groups in total. The highest BCUT2D eigenvalue weighted by Gasteiger charge is 2.11. The van der Waals surface area contributed by atoms with E-state index in [1.807, 2.05) is 0 Å². The van der Waals surface area contributed by atoms with Crippen molar-refractivity contribution in [1.29, 1.82) is 0 Å².